The standard InChI is InChI=1S/C16H11Cl2F3O/c1-22-10-4-2-8(3-5-10)13-14(16(13,17)18)9-6-11(19)15(21)12(20)7-9/h2-7,13-14H,1H3/t13-,14-/m0/s1. The van der Waals surface area contributed by atoms with Crippen molar-refractivity contribution in [1.29, 1.82) is 0 Å². The summed E-state index contributed by atoms with van der Waals surface area (Å²) >= 11 is 12.5. The Morgan fingerprint density at radius 3 is 1.91 bits per heavy atom. The highest BCUT2D eigenvalue weighted by Gasteiger charge is 2.64. The Balaban J connectivity index is 1.95. The number of hydrogen-bond donors (Lipinski definition) is 0. The number of rotatable bonds is 3. The summed E-state index contributed by atoms with van der Waals surface area (Å²) in [5, 5.41) is 0. The van der Waals surface area contributed by atoms with E-state index in [1.54, 1.807) is 31.4 Å². The Kier molecular flexibility index (Phi) is 3.77. The first-order valence-electron chi connectivity index (χ1n) is 6.52. The fourth-order valence-corrected chi connectivity index (χ4v) is 3.60. The van der Waals surface area contributed by atoms with E-state index in [0.717, 1.165) is 17.7 Å². The molecule has 2 aromatic rings. The van der Waals surface area contributed by atoms with Gasteiger partial charge in [-0.05, 0) is 35.4 Å². The molecular formula is C16H11Cl2F3O. The van der Waals surface area contributed by atoms with Crippen LogP contribution in [0.5, 0.6) is 5.75 Å². The molecule has 116 valence electrons. The molecule has 0 heterocycles. The van der Waals surface area contributed by atoms with Gasteiger partial charge in [-0.1, -0.05) is 12.1 Å². The minimum Gasteiger partial charge on any atom is -0.497 e. The second-order valence-corrected chi connectivity index (χ2v) is 6.65. The molecule has 0 saturated heterocycles. The van der Waals surface area contributed by atoms with Crippen LogP contribution in [0.2, 0.25) is 0 Å². The Labute approximate surface area is 135 Å². The fraction of sp³-hybridized carbons (Fsp3) is 0.250. The van der Waals surface area contributed by atoms with E-state index in [2.05, 4.69) is 0 Å². The zero-order valence-corrected chi connectivity index (χ0v) is 12.9. The van der Waals surface area contributed by atoms with Crippen LogP contribution in [0.1, 0.15) is 23.0 Å². The molecular weight excluding hydrogens is 336 g/mol. The summed E-state index contributed by atoms with van der Waals surface area (Å²) in [6, 6.07) is 8.96. The van der Waals surface area contributed by atoms with Crippen LogP contribution in [0.25, 0.3) is 0 Å². The van der Waals surface area contributed by atoms with Crippen molar-refractivity contribution in [1.82, 2.24) is 0 Å². The summed E-state index contributed by atoms with van der Waals surface area (Å²) in [4.78, 5) is 0. The van der Waals surface area contributed by atoms with Crippen LogP contribution in [0.4, 0.5) is 13.2 Å². The van der Waals surface area contributed by atoms with E-state index in [1.807, 2.05) is 0 Å². The third kappa shape index (κ3) is 2.44. The van der Waals surface area contributed by atoms with Crippen LogP contribution < -0.4 is 4.74 Å². The Morgan fingerprint density at radius 1 is 0.909 bits per heavy atom. The van der Waals surface area contributed by atoms with Gasteiger partial charge < -0.3 is 4.74 Å². The van der Waals surface area contributed by atoms with Gasteiger partial charge in [-0.15, -0.1) is 23.2 Å². The first-order chi connectivity index (χ1) is 10.4. The first-order valence-corrected chi connectivity index (χ1v) is 7.28. The second-order valence-electron chi connectivity index (χ2n) is 5.20. The fourth-order valence-electron chi connectivity index (χ4n) is 2.72. The monoisotopic (exact) mass is 346 g/mol. The van der Waals surface area contributed by atoms with Crippen molar-refractivity contribution in [2.45, 2.75) is 16.2 Å². The Morgan fingerprint density at radius 2 is 1.41 bits per heavy atom. The number of alkyl halides is 2. The number of hydrogen-bond acceptors (Lipinski definition) is 1. The Bertz CT molecular complexity index is 693. The van der Waals surface area contributed by atoms with Gasteiger partial charge in [0.15, 0.2) is 17.5 Å². The van der Waals surface area contributed by atoms with E-state index in [0.29, 0.717) is 5.75 Å². The molecule has 1 fully saturated rings. The molecule has 2 atom stereocenters. The number of ether oxygens (including phenoxy) is 1. The molecule has 0 amide bonds. The molecule has 0 bridgehead atoms. The molecule has 0 unspecified atom stereocenters. The van der Waals surface area contributed by atoms with E-state index in [4.69, 9.17) is 27.9 Å². The maximum absolute atomic E-state index is 13.4. The lowest BCUT2D eigenvalue weighted by Crippen LogP contribution is -1.96. The van der Waals surface area contributed by atoms with E-state index in [1.165, 1.54) is 0 Å². The van der Waals surface area contributed by atoms with Gasteiger partial charge in [0.1, 0.15) is 10.1 Å². The van der Waals surface area contributed by atoms with Crippen molar-refractivity contribution in [2.75, 3.05) is 7.11 Å². The van der Waals surface area contributed by atoms with Crippen LogP contribution in [0.3, 0.4) is 0 Å². The number of halogens is 5. The maximum Gasteiger partial charge on any atom is 0.194 e. The molecule has 0 aromatic heterocycles. The van der Waals surface area contributed by atoms with Crippen molar-refractivity contribution >= 4 is 23.2 Å². The van der Waals surface area contributed by atoms with E-state index in [9.17, 15) is 13.2 Å². The molecule has 1 nitrogen and oxygen atoms in total. The molecule has 2 aromatic carbocycles. The molecule has 6 heteroatoms. The zero-order chi connectivity index (χ0) is 16.1. The van der Waals surface area contributed by atoms with E-state index in [-0.39, 0.29) is 11.5 Å². The largest absolute Gasteiger partial charge is 0.497 e. The zero-order valence-electron chi connectivity index (χ0n) is 11.4. The summed E-state index contributed by atoms with van der Waals surface area (Å²) in [6.07, 6.45) is 0. The van der Waals surface area contributed by atoms with Gasteiger partial charge in [0.05, 0.1) is 7.11 Å². The molecule has 0 N–H and O–H groups in total. The molecule has 22 heavy (non-hydrogen) atoms. The first kappa shape index (κ1) is 15.5. The third-order valence-electron chi connectivity index (χ3n) is 3.89. The predicted molar refractivity (Wildman–Crippen MR) is 79.2 cm³/mol. The third-order valence-corrected chi connectivity index (χ3v) is 4.83. The average molecular weight is 347 g/mol. The minimum atomic E-state index is -1.50. The lowest BCUT2D eigenvalue weighted by molar-refractivity contribution is 0.414. The second kappa shape index (κ2) is 5.36. The highest BCUT2D eigenvalue weighted by Crippen LogP contribution is 2.70. The van der Waals surface area contributed by atoms with Gasteiger partial charge in [0, 0.05) is 11.8 Å². The SMILES string of the molecule is COc1ccc([C@H]2[C@H](c3cc(F)c(F)c(F)c3)C2(Cl)Cl)cc1. The van der Waals surface area contributed by atoms with Crippen molar-refractivity contribution < 1.29 is 17.9 Å². The molecule has 0 radical (unpaired) electrons. The summed E-state index contributed by atoms with van der Waals surface area (Å²) in [7, 11) is 1.55. The summed E-state index contributed by atoms with van der Waals surface area (Å²) in [5.41, 5.74) is 1.06. The lowest BCUT2D eigenvalue weighted by Gasteiger charge is -2.04. The molecule has 1 aliphatic carbocycles. The molecule has 1 saturated carbocycles. The quantitative estimate of drug-likeness (QED) is 0.550. The average Bonchev–Trinajstić information content (AvgIpc) is 3.07. The smallest absolute Gasteiger partial charge is 0.194 e. The van der Waals surface area contributed by atoms with Gasteiger partial charge in [0.2, 0.25) is 0 Å². The number of methoxy groups -OCH3 is 1. The van der Waals surface area contributed by atoms with Crippen LogP contribution in [-0.2, 0) is 0 Å². The molecule has 0 aliphatic heterocycles. The van der Waals surface area contributed by atoms with Gasteiger partial charge in [-0.25, -0.2) is 13.2 Å². The van der Waals surface area contributed by atoms with E-state index >= 15 is 0 Å². The van der Waals surface area contributed by atoms with Crippen LogP contribution in [0.15, 0.2) is 36.4 Å². The highest BCUT2D eigenvalue weighted by atomic mass is 35.5. The molecule has 0 spiro atoms. The highest BCUT2D eigenvalue weighted by molar-refractivity contribution is 6.52. The topological polar surface area (TPSA) is 9.23 Å². The van der Waals surface area contributed by atoms with Crippen molar-refractivity contribution in [3.05, 3.63) is 65.0 Å². The summed E-state index contributed by atoms with van der Waals surface area (Å²) < 4.78 is 43.7. The van der Waals surface area contributed by atoms with Gasteiger partial charge >= 0.3 is 0 Å². The van der Waals surface area contributed by atoms with E-state index < -0.39 is 27.7 Å². The molecule has 1 aliphatic rings. The lowest BCUT2D eigenvalue weighted by atomic mass is 10.0. The predicted octanol–water partition coefficient (Wildman–Crippen LogP) is 5.17. The van der Waals surface area contributed by atoms with Gasteiger partial charge in [0.25, 0.3) is 0 Å². The molecule has 3 rings (SSSR count). The van der Waals surface area contributed by atoms with Gasteiger partial charge in [-0.3, -0.25) is 0 Å². The van der Waals surface area contributed by atoms with Crippen molar-refractivity contribution in [3.63, 3.8) is 0 Å². The number of benzene rings is 2. The summed E-state index contributed by atoms with van der Waals surface area (Å²) in [5.74, 6) is -4.16. The Hall–Kier alpha value is -1.39. The van der Waals surface area contributed by atoms with Gasteiger partial charge in [-0.2, -0.15) is 0 Å². The van der Waals surface area contributed by atoms with Crippen LogP contribution in [0, 0.1) is 17.5 Å². The summed E-state index contributed by atoms with van der Waals surface area (Å²) in [6.45, 7) is 0. The van der Waals surface area contributed by atoms with Crippen LogP contribution >= 0.6 is 23.2 Å². The van der Waals surface area contributed by atoms with Crippen molar-refractivity contribution in [3.8, 4) is 5.75 Å². The normalized spacial score (nSPS) is 22.5. The van der Waals surface area contributed by atoms with Crippen molar-refractivity contribution in [2.24, 2.45) is 0 Å². The minimum absolute atomic E-state index is 0.238. The van der Waals surface area contributed by atoms with Crippen LogP contribution in [-0.4, -0.2) is 11.4 Å². The maximum atomic E-state index is 13.4.